The fourth-order valence-corrected chi connectivity index (χ4v) is 1.86. The summed E-state index contributed by atoms with van der Waals surface area (Å²) >= 11 is 0. The lowest BCUT2D eigenvalue weighted by atomic mass is 10.1. The topological polar surface area (TPSA) is 36.1 Å². The van der Waals surface area contributed by atoms with E-state index in [0.29, 0.717) is 0 Å². The van der Waals surface area contributed by atoms with Gasteiger partial charge in [0.15, 0.2) is 0 Å². The summed E-state index contributed by atoms with van der Waals surface area (Å²) in [5.41, 5.74) is 0. The summed E-state index contributed by atoms with van der Waals surface area (Å²) < 4.78 is 0. The molecule has 0 amide bonds. The Labute approximate surface area is 114 Å². The molecule has 0 saturated heterocycles. The van der Waals surface area contributed by atoms with Crippen molar-refractivity contribution in [1.29, 1.82) is 0 Å². The second kappa shape index (κ2) is 14.9. The SMILES string of the molecule is CCCNCCCNCCCNCCCC(C)C. The van der Waals surface area contributed by atoms with Crippen LogP contribution in [0.1, 0.15) is 52.9 Å². The van der Waals surface area contributed by atoms with Gasteiger partial charge in [0.1, 0.15) is 0 Å². The molecule has 0 spiro atoms. The van der Waals surface area contributed by atoms with Crippen LogP contribution in [-0.2, 0) is 0 Å². The molecule has 0 unspecified atom stereocenters. The third kappa shape index (κ3) is 15.9. The first-order valence-corrected chi connectivity index (χ1v) is 7.89. The van der Waals surface area contributed by atoms with Crippen molar-refractivity contribution in [2.75, 3.05) is 39.3 Å². The Balaban J connectivity index is 2.90. The molecule has 0 rings (SSSR count). The van der Waals surface area contributed by atoms with E-state index >= 15 is 0 Å². The average Bonchev–Trinajstić information content (AvgIpc) is 2.34. The standard InChI is InChI=1S/C15H35N3/c1-4-9-16-11-6-13-18-14-7-12-17-10-5-8-15(2)3/h15-18H,4-14H2,1-3H3. The van der Waals surface area contributed by atoms with Gasteiger partial charge in [0, 0.05) is 0 Å². The monoisotopic (exact) mass is 257 g/mol. The molecule has 0 bridgehead atoms. The first kappa shape index (κ1) is 17.9. The van der Waals surface area contributed by atoms with Crippen LogP contribution in [0.3, 0.4) is 0 Å². The summed E-state index contributed by atoms with van der Waals surface area (Å²) in [5, 5.41) is 10.4. The Hall–Kier alpha value is -0.120. The molecule has 18 heavy (non-hydrogen) atoms. The second-order valence-corrected chi connectivity index (χ2v) is 5.49. The Bertz CT molecular complexity index is 149. The highest BCUT2D eigenvalue weighted by atomic mass is 14.9. The third-order valence-electron chi connectivity index (χ3n) is 2.98. The molecule has 0 aliphatic rings. The average molecular weight is 257 g/mol. The molecule has 0 aromatic heterocycles. The first-order chi connectivity index (χ1) is 8.77. The third-order valence-corrected chi connectivity index (χ3v) is 2.98. The molecule has 0 saturated carbocycles. The molecule has 0 atom stereocenters. The lowest BCUT2D eigenvalue weighted by Crippen LogP contribution is -2.25. The summed E-state index contributed by atoms with van der Waals surface area (Å²) in [4.78, 5) is 0. The van der Waals surface area contributed by atoms with E-state index in [0.717, 1.165) is 38.6 Å². The minimum Gasteiger partial charge on any atom is -0.317 e. The second-order valence-electron chi connectivity index (χ2n) is 5.49. The smallest absolute Gasteiger partial charge is 0.00368 e. The van der Waals surface area contributed by atoms with Gasteiger partial charge in [0.25, 0.3) is 0 Å². The zero-order chi connectivity index (χ0) is 13.5. The van der Waals surface area contributed by atoms with E-state index in [2.05, 4.69) is 36.7 Å². The normalized spacial score (nSPS) is 11.3. The van der Waals surface area contributed by atoms with Crippen molar-refractivity contribution in [3.8, 4) is 0 Å². The number of nitrogens with one attached hydrogen (secondary N) is 3. The van der Waals surface area contributed by atoms with Gasteiger partial charge in [-0.2, -0.15) is 0 Å². The van der Waals surface area contributed by atoms with Gasteiger partial charge >= 0.3 is 0 Å². The van der Waals surface area contributed by atoms with Gasteiger partial charge in [0.05, 0.1) is 0 Å². The highest BCUT2D eigenvalue weighted by Gasteiger charge is 1.93. The molecular formula is C15H35N3. The molecule has 0 radical (unpaired) electrons. The predicted octanol–water partition coefficient (Wildman–Crippen LogP) is 2.38. The van der Waals surface area contributed by atoms with Gasteiger partial charge in [-0.15, -0.1) is 0 Å². The van der Waals surface area contributed by atoms with Crippen molar-refractivity contribution >= 4 is 0 Å². The number of rotatable bonds is 14. The van der Waals surface area contributed by atoms with E-state index in [-0.39, 0.29) is 0 Å². The molecule has 0 aliphatic heterocycles. The molecule has 0 heterocycles. The van der Waals surface area contributed by atoms with Gasteiger partial charge in [0.2, 0.25) is 0 Å². The maximum absolute atomic E-state index is 3.51. The van der Waals surface area contributed by atoms with Crippen LogP contribution in [-0.4, -0.2) is 39.3 Å². The van der Waals surface area contributed by atoms with Gasteiger partial charge in [-0.3, -0.25) is 0 Å². The van der Waals surface area contributed by atoms with Crippen LogP contribution in [0, 0.1) is 5.92 Å². The van der Waals surface area contributed by atoms with E-state index < -0.39 is 0 Å². The lowest BCUT2D eigenvalue weighted by molar-refractivity contribution is 0.516. The van der Waals surface area contributed by atoms with E-state index in [1.165, 1.54) is 38.6 Å². The van der Waals surface area contributed by atoms with E-state index in [9.17, 15) is 0 Å². The predicted molar refractivity (Wildman–Crippen MR) is 82.2 cm³/mol. The van der Waals surface area contributed by atoms with Crippen molar-refractivity contribution in [3.63, 3.8) is 0 Å². The maximum Gasteiger partial charge on any atom is -0.00368 e. The van der Waals surface area contributed by atoms with Crippen molar-refractivity contribution in [3.05, 3.63) is 0 Å². The molecular weight excluding hydrogens is 222 g/mol. The van der Waals surface area contributed by atoms with Crippen LogP contribution in [0.2, 0.25) is 0 Å². The highest BCUT2D eigenvalue weighted by Crippen LogP contribution is 2.01. The summed E-state index contributed by atoms with van der Waals surface area (Å²) in [7, 11) is 0. The quantitative estimate of drug-likeness (QED) is 0.418. The minimum absolute atomic E-state index is 0.842. The van der Waals surface area contributed by atoms with E-state index in [4.69, 9.17) is 0 Å². The molecule has 0 aromatic carbocycles. The van der Waals surface area contributed by atoms with Crippen molar-refractivity contribution in [1.82, 2.24) is 16.0 Å². The van der Waals surface area contributed by atoms with Crippen molar-refractivity contribution in [2.24, 2.45) is 5.92 Å². The van der Waals surface area contributed by atoms with Gasteiger partial charge < -0.3 is 16.0 Å². The lowest BCUT2D eigenvalue weighted by Gasteiger charge is -2.08. The molecule has 3 heteroatoms. The maximum atomic E-state index is 3.51. The Morgan fingerprint density at radius 3 is 1.56 bits per heavy atom. The molecule has 0 fully saturated rings. The summed E-state index contributed by atoms with van der Waals surface area (Å²) in [6.45, 7) is 13.7. The minimum atomic E-state index is 0.842. The van der Waals surface area contributed by atoms with Crippen LogP contribution < -0.4 is 16.0 Å². The Morgan fingerprint density at radius 2 is 1.11 bits per heavy atom. The zero-order valence-electron chi connectivity index (χ0n) is 12.9. The van der Waals surface area contributed by atoms with Crippen molar-refractivity contribution in [2.45, 2.75) is 52.9 Å². The van der Waals surface area contributed by atoms with Crippen LogP contribution in [0.15, 0.2) is 0 Å². The van der Waals surface area contributed by atoms with Gasteiger partial charge in [-0.25, -0.2) is 0 Å². The molecule has 110 valence electrons. The van der Waals surface area contributed by atoms with Crippen LogP contribution in [0.5, 0.6) is 0 Å². The Kier molecular flexibility index (Phi) is 14.8. The molecule has 0 aliphatic carbocycles. The highest BCUT2D eigenvalue weighted by molar-refractivity contribution is 4.55. The number of hydrogen-bond acceptors (Lipinski definition) is 3. The van der Waals surface area contributed by atoms with Crippen LogP contribution in [0.25, 0.3) is 0 Å². The molecule has 3 N–H and O–H groups in total. The van der Waals surface area contributed by atoms with Gasteiger partial charge in [-0.05, 0) is 77.3 Å². The van der Waals surface area contributed by atoms with Gasteiger partial charge in [-0.1, -0.05) is 20.8 Å². The largest absolute Gasteiger partial charge is 0.317 e. The van der Waals surface area contributed by atoms with E-state index in [1.54, 1.807) is 0 Å². The number of hydrogen-bond donors (Lipinski definition) is 3. The fourth-order valence-electron chi connectivity index (χ4n) is 1.86. The summed E-state index contributed by atoms with van der Waals surface area (Å²) in [5.74, 6) is 0.842. The van der Waals surface area contributed by atoms with Crippen LogP contribution in [0.4, 0.5) is 0 Å². The summed E-state index contributed by atoms with van der Waals surface area (Å²) in [6.07, 6.45) is 6.37. The summed E-state index contributed by atoms with van der Waals surface area (Å²) in [6, 6.07) is 0. The van der Waals surface area contributed by atoms with E-state index in [1.807, 2.05) is 0 Å². The fraction of sp³-hybridized carbons (Fsp3) is 1.00. The van der Waals surface area contributed by atoms with Crippen molar-refractivity contribution < 1.29 is 0 Å². The molecule has 0 aromatic rings. The molecule has 3 nitrogen and oxygen atoms in total. The first-order valence-electron chi connectivity index (χ1n) is 7.89. The van der Waals surface area contributed by atoms with Crippen LogP contribution >= 0.6 is 0 Å². The Morgan fingerprint density at radius 1 is 0.667 bits per heavy atom. The zero-order valence-corrected chi connectivity index (χ0v) is 12.9.